The predicted molar refractivity (Wildman–Crippen MR) is 75.0 cm³/mol. The molecular weight excluding hydrogens is 254 g/mol. The molecule has 0 radical (unpaired) electrons. The van der Waals surface area contributed by atoms with Gasteiger partial charge in [0, 0.05) is 24.5 Å². The fourth-order valence-electron chi connectivity index (χ4n) is 2.50. The van der Waals surface area contributed by atoms with E-state index in [0.29, 0.717) is 23.2 Å². The molecule has 0 aromatic carbocycles. The van der Waals surface area contributed by atoms with Gasteiger partial charge >= 0.3 is 0 Å². The Bertz CT molecular complexity index is 688. The molecule has 2 heterocycles. The molecule has 0 spiro atoms. The minimum absolute atomic E-state index is 0.0422. The molecule has 20 heavy (non-hydrogen) atoms. The maximum atomic E-state index is 12.3. The summed E-state index contributed by atoms with van der Waals surface area (Å²) in [5.41, 5.74) is 3.44. The Kier molecular flexibility index (Phi) is 3.10. The van der Waals surface area contributed by atoms with Crippen molar-refractivity contribution in [3.05, 3.63) is 47.0 Å². The van der Waals surface area contributed by atoms with Gasteiger partial charge in [-0.15, -0.1) is 0 Å². The lowest BCUT2D eigenvalue weighted by Gasteiger charge is -2.12. The zero-order valence-corrected chi connectivity index (χ0v) is 11.2. The van der Waals surface area contributed by atoms with E-state index in [-0.39, 0.29) is 11.7 Å². The van der Waals surface area contributed by atoms with Crippen molar-refractivity contribution in [2.24, 2.45) is 0 Å². The first-order valence-electron chi connectivity index (χ1n) is 6.62. The van der Waals surface area contributed by atoms with Crippen LogP contribution >= 0.6 is 0 Å². The van der Waals surface area contributed by atoms with Crippen LogP contribution in [0.25, 0.3) is 0 Å². The molecule has 0 bridgehead atoms. The van der Waals surface area contributed by atoms with Crippen LogP contribution < -0.4 is 5.32 Å². The quantitative estimate of drug-likeness (QED) is 0.879. The van der Waals surface area contributed by atoms with Crippen LogP contribution in [-0.4, -0.2) is 21.7 Å². The first-order valence-corrected chi connectivity index (χ1v) is 6.62. The number of aromatic nitrogens is 2. The van der Waals surface area contributed by atoms with E-state index in [1.165, 1.54) is 0 Å². The average molecular weight is 269 g/mol. The van der Waals surface area contributed by atoms with E-state index in [2.05, 4.69) is 15.3 Å². The molecular formula is C15H15N3O2. The number of H-pyrrole nitrogens is 1. The Morgan fingerprint density at radius 3 is 3.05 bits per heavy atom. The smallest absolute Gasteiger partial charge is 0.257 e. The van der Waals surface area contributed by atoms with Gasteiger partial charge in [0.1, 0.15) is 0 Å². The number of hydrogen-bond acceptors (Lipinski definition) is 3. The fraction of sp³-hybridized carbons (Fsp3) is 0.267. The molecule has 0 saturated heterocycles. The number of amides is 1. The Balaban J connectivity index is 1.91. The molecule has 0 saturated carbocycles. The van der Waals surface area contributed by atoms with Crippen molar-refractivity contribution in [3.8, 4) is 0 Å². The third-order valence-electron chi connectivity index (χ3n) is 3.60. The van der Waals surface area contributed by atoms with Gasteiger partial charge in [0.15, 0.2) is 5.78 Å². The van der Waals surface area contributed by atoms with Crippen molar-refractivity contribution in [1.82, 2.24) is 9.97 Å². The number of aromatic amines is 1. The second-order valence-electron chi connectivity index (χ2n) is 4.98. The number of carbonyl (C=O) groups excluding carboxylic acids is 2. The van der Waals surface area contributed by atoms with Crippen molar-refractivity contribution in [2.45, 2.75) is 26.2 Å². The summed E-state index contributed by atoms with van der Waals surface area (Å²) in [6.45, 7) is 1.90. The third-order valence-corrected chi connectivity index (χ3v) is 3.60. The molecule has 0 atom stereocenters. The van der Waals surface area contributed by atoms with Crippen molar-refractivity contribution in [2.75, 3.05) is 5.32 Å². The molecule has 2 aromatic heterocycles. The number of pyridine rings is 1. The molecule has 102 valence electrons. The van der Waals surface area contributed by atoms with Crippen LogP contribution in [0.3, 0.4) is 0 Å². The minimum Gasteiger partial charge on any atom is -0.364 e. The van der Waals surface area contributed by atoms with Crippen LogP contribution in [0.15, 0.2) is 24.7 Å². The molecule has 1 amide bonds. The van der Waals surface area contributed by atoms with E-state index in [1.807, 2.05) is 13.0 Å². The summed E-state index contributed by atoms with van der Waals surface area (Å²) in [6.07, 6.45) is 7.07. The van der Waals surface area contributed by atoms with Crippen LogP contribution in [-0.2, 0) is 6.42 Å². The van der Waals surface area contributed by atoms with Gasteiger partial charge in [0.05, 0.1) is 23.0 Å². The lowest BCUT2D eigenvalue weighted by Crippen LogP contribution is -2.18. The second kappa shape index (κ2) is 4.92. The van der Waals surface area contributed by atoms with E-state index in [4.69, 9.17) is 0 Å². The highest BCUT2D eigenvalue weighted by atomic mass is 16.2. The summed E-state index contributed by atoms with van der Waals surface area (Å²) in [5, 5.41) is 2.81. The highest BCUT2D eigenvalue weighted by Crippen LogP contribution is 2.25. The Morgan fingerprint density at radius 1 is 1.40 bits per heavy atom. The van der Waals surface area contributed by atoms with Gasteiger partial charge in [0.2, 0.25) is 0 Å². The van der Waals surface area contributed by atoms with Crippen LogP contribution in [0, 0.1) is 6.92 Å². The zero-order valence-electron chi connectivity index (χ0n) is 11.2. The van der Waals surface area contributed by atoms with E-state index in [0.717, 1.165) is 24.1 Å². The standard InChI is InChI=1S/C15H15N3O2/c1-9-5-6-16-8-12(9)18-15(20)10-7-17-11-3-2-4-13(19)14(10)11/h5-8,17H,2-4H2,1H3,(H,18,20). The van der Waals surface area contributed by atoms with E-state index < -0.39 is 0 Å². The number of nitrogens with one attached hydrogen (secondary N) is 2. The van der Waals surface area contributed by atoms with Crippen LogP contribution in [0.2, 0.25) is 0 Å². The number of anilines is 1. The highest BCUT2D eigenvalue weighted by molar-refractivity contribution is 6.13. The van der Waals surface area contributed by atoms with Crippen molar-refractivity contribution >= 4 is 17.4 Å². The maximum Gasteiger partial charge on any atom is 0.257 e. The summed E-state index contributed by atoms with van der Waals surface area (Å²) in [5.74, 6) is -0.227. The normalized spacial score (nSPS) is 13.9. The largest absolute Gasteiger partial charge is 0.364 e. The Hall–Kier alpha value is -2.43. The maximum absolute atomic E-state index is 12.3. The number of ketones is 1. The van der Waals surface area contributed by atoms with Gasteiger partial charge in [0.25, 0.3) is 5.91 Å². The third kappa shape index (κ3) is 2.11. The summed E-state index contributed by atoms with van der Waals surface area (Å²) < 4.78 is 0. The first kappa shape index (κ1) is 12.6. The summed E-state index contributed by atoms with van der Waals surface area (Å²) in [4.78, 5) is 31.3. The monoisotopic (exact) mass is 269 g/mol. The number of hydrogen-bond donors (Lipinski definition) is 2. The molecule has 0 unspecified atom stereocenters. The van der Waals surface area contributed by atoms with Gasteiger partial charge < -0.3 is 10.3 Å². The second-order valence-corrected chi connectivity index (χ2v) is 4.98. The summed E-state index contributed by atoms with van der Waals surface area (Å²) >= 11 is 0. The number of nitrogens with zero attached hydrogens (tertiary/aromatic N) is 1. The van der Waals surface area contributed by atoms with Crippen LogP contribution in [0.1, 0.15) is 44.8 Å². The van der Waals surface area contributed by atoms with Gasteiger partial charge in [-0.3, -0.25) is 14.6 Å². The number of Topliss-reactive ketones (excluding diaryl/α,β-unsaturated/α-hetero) is 1. The molecule has 2 N–H and O–H groups in total. The molecule has 5 nitrogen and oxygen atoms in total. The van der Waals surface area contributed by atoms with Gasteiger partial charge in [-0.1, -0.05) is 0 Å². The van der Waals surface area contributed by atoms with Crippen molar-refractivity contribution < 1.29 is 9.59 Å². The van der Waals surface area contributed by atoms with Crippen molar-refractivity contribution in [3.63, 3.8) is 0 Å². The molecule has 3 rings (SSSR count). The number of aryl methyl sites for hydroxylation is 2. The average Bonchev–Trinajstić information content (AvgIpc) is 2.87. The molecule has 0 fully saturated rings. The van der Waals surface area contributed by atoms with E-state index in [1.54, 1.807) is 18.6 Å². The Labute approximate surface area is 116 Å². The number of rotatable bonds is 2. The fourth-order valence-corrected chi connectivity index (χ4v) is 2.50. The van der Waals surface area contributed by atoms with E-state index in [9.17, 15) is 9.59 Å². The number of fused-ring (bicyclic) bond motifs is 1. The molecule has 5 heteroatoms. The summed E-state index contributed by atoms with van der Waals surface area (Å²) in [7, 11) is 0. The highest BCUT2D eigenvalue weighted by Gasteiger charge is 2.25. The molecule has 1 aliphatic rings. The predicted octanol–water partition coefficient (Wildman–Crippen LogP) is 2.49. The molecule has 1 aliphatic carbocycles. The Morgan fingerprint density at radius 2 is 2.25 bits per heavy atom. The summed E-state index contributed by atoms with van der Waals surface area (Å²) in [6, 6.07) is 1.83. The lowest BCUT2D eigenvalue weighted by molar-refractivity contribution is 0.0956. The van der Waals surface area contributed by atoms with Gasteiger partial charge in [-0.05, 0) is 31.4 Å². The van der Waals surface area contributed by atoms with Crippen molar-refractivity contribution in [1.29, 1.82) is 0 Å². The SMILES string of the molecule is Cc1ccncc1NC(=O)c1c[nH]c2c1C(=O)CCC2. The molecule has 2 aromatic rings. The van der Waals surface area contributed by atoms with E-state index >= 15 is 0 Å². The molecule has 0 aliphatic heterocycles. The van der Waals surface area contributed by atoms with Crippen LogP contribution in [0.5, 0.6) is 0 Å². The first-order chi connectivity index (χ1) is 9.66. The minimum atomic E-state index is -0.270. The number of carbonyl (C=O) groups is 2. The lowest BCUT2D eigenvalue weighted by atomic mass is 9.93. The van der Waals surface area contributed by atoms with Crippen LogP contribution in [0.4, 0.5) is 5.69 Å². The van der Waals surface area contributed by atoms with Gasteiger partial charge in [-0.2, -0.15) is 0 Å². The van der Waals surface area contributed by atoms with Gasteiger partial charge in [-0.25, -0.2) is 0 Å². The zero-order chi connectivity index (χ0) is 14.1. The topological polar surface area (TPSA) is 74.8 Å².